The smallest absolute Gasteiger partial charge is 0.0911 e. The third-order valence-electron chi connectivity index (χ3n) is 4.68. The summed E-state index contributed by atoms with van der Waals surface area (Å²) in [7, 11) is 0. The molecule has 0 bridgehead atoms. The quantitative estimate of drug-likeness (QED) is 0.891. The van der Waals surface area contributed by atoms with Crippen LogP contribution in [0, 0.1) is 13.8 Å². The van der Waals surface area contributed by atoms with Gasteiger partial charge in [0.25, 0.3) is 0 Å². The van der Waals surface area contributed by atoms with Crippen LogP contribution in [-0.4, -0.2) is 5.11 Å². The number of hydrogen-bond acceptors (Lipinski definition) is 1. The molecule has 1 N–H and O–H groups in total. The lowest BCUT2D eigenvalue weighted by Gasteiger charge is -2.26. The summed E-state index contributed by atoms with van der Waals surface area (Å²) in [6.07, 6.45) is 4.34. The molecule has 1 heteroatoms. The van der Waals surface area contributed by atoms with Crippen molar-refractivity contribution in [1.29, 1.82) is 0 Å². The van der Waals surface area contributed by atoms with Crippen LogP contribution in [0.5, 0.6) is 0 Å². The van der Waals surface area contributed by atoms with E-state index in [9.17, 15) is 5.11 Å². The first-order chi connectivity index (χ1) is 9.95. The third-order valence-corrected chi connectivity index (χ3v) is 4.68. The molecule has 0 aromatic heterocycles. The molecule has 2 aromatic rings. The van der Waals surface area contributed by atoms with Crippen molar-refractivity contribution in [3.63, 3.8) is 0 Å². The van der Waals surface area contributed by atoms with Gasteiger partial charge in [-0.1, -0.05) is 42.0 Å². The van der Waals surface area contributed by atoms with E-state index < -0.39 is 5.60 Å². The van der Waals surface area contributed by atoms with Gasteiger partial charge in [-0.2, -0.15) is 0 Å². The maximum absolute atomic E-state index is 11.0. The average Bonchev–Trinajstić information content (AvgIpc) is 2.88. The van der Waals surface area contributed by atoms with Gasteiger partial charge < -0.3 is 5.11 Å². The maximum atomic E-state index is 11.0. The summed E-state index contributed by atoms with van der Waals surface area (Å²) in [6.45, 7) is 6.09. The fourth-order valence-electron chi connectivity index (χ4n) is 3.54. The zero-order chi connectivity index (χ0) is 15.0. The van der Waals surface area contributed by atoms with E-state index in [1.807, 2.05) is 6.92 Å². The lowest BCUT2D eigenvalue weighted by Crippen LogP contribution is -2.25. The molecular weight excluding hydrogens is 256 g/mol. The zero-order valence-corrected chi connectivity index (χ0v) is 13.2. The molecule has 0 heterocycles. The minimum absolute atomic E-state index is 0.671. The Morgan fingerprint density at radius 3 is 2.57 bits per heavy atom. The van der Waals surface area contributed by atoms with Crippen LogP contribution in [0.15, 0.2) is 36.4 Å². The second-order valence-electron chi connectivity index (χ2n) is 6.73. The predicted molar refractivity (Wildman–Crippen MR) is 87.7 cm³/mol. The highest BCUT2D eigenvalue weighted by Gasteiger charge is 2.26. The zero-order valence-electron chi connectivity index (χ0n) is 13.2. The molecule has 3 rings (SSSR count). The van der Waals surface area contributed by atoms with Crippen LogP contribution in [0.25, 0.3) is 0 Å². The molecule has 0 amide bonds. The monoisotopic (exact) mass is 280 g/mol. The molecule has 1 nitrogen and oxygen atoms in total. The Morgan fingerprint density at radius 1 is 1.00 bits per heavy atom. The number of fused-ring (bicyclic) bond motifs is 1. The Balaban J connectivity index is 1.90. The fourth-order valence-corrected chi connectivity index (χ4v) is 3.54. The summed E-state index contributed by atoms with van der Waals surface area (Å²) in [4.78, 5) is 0. The van der Waals surface area contributed by atoms with Gasteiger partial charge in [-0.15, -0.1) is 0 Å². The number of aliphatic hydroxyl groups is 1. The van der Waals surface area contributed by atoms with Crippen molar-refractivity contribution in [2.75, 3.05) is 0 Å². The topological polar surface area (TPSA) is 20.2 Å². The molecule has 21 heavy (non-hydrogen) atoms. The molecule has 1 atom stereocenters. The van der Waals surface area contributed by atoms with Gasteiger partial charge in [0, 0.05) is 6.42 Å². The highest BCUT2D eigenvalue weighted by atomic mass is 16.3. The van der Waals surface area contributed by atoms with Gasteiger partial charge in [0.1, 0.15) is 0 Å². The molecular formula is C20H24O. The Morgan fingerprint density at radius 2 is 1.76 bits per heavy atom. The van der Waals surface area contributed by atoms with Crippen LogP contribution in [-0.2, 0) is 24.9 Å². The van der Waals surface area contributed by atoms with Gasteiger partial charge in [0.15, 0.2) is 0 Å². The van der Waals surface area contributed by atoms with Gasteiger partial charge in [-0.25, -0.2) is 0 Å². The number of rotatable bonds is 3. The molecule has 1 aliphatic carbocycles. The van der Waals surface area contributed by atoms with E-state index in [0.29, 0.717) is 6.42 Å². The highest BCUT2D eigenvalue weighted by molar-refractivity contribution is 5.39. The van der Waals surface area contributed by atoms with Crippen LogP contribution < -0.4 is 0 Å². The van der Waals surface area contributed by atoms with Crippen molar-refractivity contribution in [3.8, 4) is 0 Å². The fraction of sp³-hybridized carbons (Fsp3) is 0.400. The van der Waals surface area contributed by atoms with E-state index in [1.54, 1.807) is 0 Å². The van der Waals surface area contributed by atoms with Gasteiger partial charge in [0.05, 0.1) is 5.60 Å². The molecule has 110 valence electrons. The predicted octanol–water partition coefficient (Wildman–Crippen LogP) is 4.24. The highest BCUT2D eigenvalue weighted by Crippen LogP contribution is 2.30. The summed E-state index contributed by atoms with van der Waals surface area (Å²) < 4.78 is 0. The number of aryl methyl sites for hydroxylation is 4. The van der Waals surface area contributed by atoms with Gasteiger partial charge in [-0.05, 0) is 67.9 Å². The van der Waals surface area contributed by atoms with E-state index in [0.717, 1.165) is 11.1 Å². The SMILES string of the molecule is Cc1ccc(C)c(C(C)(O)Cc2ccc3c(c2)CCC3)c1. The molecule has 1 unspecified atom stereocenters. The van der Waals surface area contributed by atoms with Crippen LogP contribution >= 0.6 is 0 Å². The Kier molecular flexibility index (Phi) is 3.62. The van der Waals surface area contributed by atoms with E-state index >= 15 is 0 Å². The summed E-state index contributed by atoms with van der Waals surface area (Å²) in [6, 6.07) is 13.0. The first kappa shape index (κ1) is 14.3. The van der Waals surface area contributed by atoms with Crippen molar-refractivity contribution >= 4 is 0 Å². The Bertz CT molecular complexity index is 668. The second-order valence-corrected chi connectivity index (χ2v) is 6.73. The van der Waals surface area contributed by atoms with Crippen molar-refractivity contribution in [2.24, 2.45) is 0 Å². The van der Waals surface area contributed by atoms with Crippen molar-refractivity contribution in [2.45, 2.75) is 52.1 Å². The molecule has 0 saturated carbocycles. The largest absolute Gasteiger partial charge is 0.385 e. The summed E-state index contributed by atoms with van der Waals surface area (Å²) in [5.41, 5.74) is 6.79. The summed E-state index contributed by atoms with van der Waals surface area (Å²) >= 11 is 0. The minimum atomic E-state index is -0.817. The van der Waals surface area contributed by atoms with Crippen molar-refractivity contribution in [3.05, 3.63) is 69.8 Å². The summed E-state index contributed by atoms with van der Waals surface area (Å²) in [5, 5.41) is 11.0. The lowest BCUT2D eigenvalue weighted by molar-refractivity contribution is 0.0569. The maximum Gasteiger partial charge on any atom is 0.0911 e. The van der Waals surface area contributed by atoms with Crippen LogP contribution in [0.1, 0.15) is 46.7 Å². The van der Waals surface area contributed by atoms with E-state index in [2.05, 4.69) is 50.2 Å². The standard InChI is InChI=1S/C20H24O/c1-14-7-8-15(2)19(11-14)20(3,21)13-16-9-10-17-5-4-6-18(17)12-16/h7-12,21H,4-6,13H2,1-3H3. The molecule has 1 aliphatic rings. The molecule has 0 saturated heterocycles. The number of benzene rings is 2. The van der Waals surface area contributed by atoms with Crippen molar-refractivity contribution in [1.82, 2.24) is 0 Å². The van der Waals surface area contributed by atoms with Crippen LogP contribution in [0.4, 0.5) is 0 Å². The minimum Gasteiger partial charge on any atom is -0.385 e. The Labute approximate surface area is 127 Å². The first-order valence-electron chi connectivity index (χ1n) is 7.86. The molecule has 2 aromatic carbocycles. The van der Waals surface area contributed by atoms with Gasteiger partial charge in [0.2, 0.25) is 0 Å². The molecule has 0 fully saturated rings. The van der Waals surface area contributed by atoms with Crippen LogP contribution in [0.2, 0.25) is 0 Å². The van der Waals surface area contributed by atoms with Crippen LogP contribution in [0.3, 0.4) is 0 Å². The first-order valence-corrected chi connectivity index (χ1v) is 7.86. The number of hydrogen-bond donors (Lipinski definition) is 1. The second kappa shape index (κ2) is 5.31. The normalized spacial score (nSPS) is 16.6. The Hall–Kier alpha value is -1.60. The summed E-state index contributed by atoms with van der Waals surface area (Å²) in [5.74, 6) is 0. The van der Waals surface area contributed by atoms with E-state index in [1.165, 1.54) is 41.5 Å². The third kappa shape index (κ3) is 2.89. The average molecular weight is 280 g/mol. The molecule has 0 radical (unpaired) electrons. The van der Waals surface area contributed by atoms with E-state index in [-0.39, 0.29) is 0 Å². The molecule has 0 spiro atoms. The van der Waals surface area contributed by atoms with Crippen molar-refractivity contribution < 1.29 is 5.11 Å². The van der Waals surface area contributed by atoms with E-state index in [4.69, 9.17) is 0 Å². The lowest BCUT2D eigenvalue weighted by atomic mass is 9.85. The molecule has 0 aliphatic heterocycles. The van der Waals surface area contributed by atoms with Gasteiger partial charge >= 0.3 is 0 Å². The van der Waals surface area contributed by atoms with Gasteiger partial charge in [-0.3, -0.25) is 0 Å².